The van der Waals surface area contributed by atoms with E-state index in [1.54, 1.807) is 6.07 Å². The summed E-state index contributed by atoms with van der Waals surface area (Å²) in [5.41, 5.74) is 0.303. The van der Waals surface area contributed by atoms with Crippen LogP contribution in [0.3, 0.4) is 0 Å². The van der Waals surface area contributed by atoms with Crippen LogP contribution in [0.15, 0.2) is 10.6 Å². The van der Waals surface area contributed by atoms with E-state index in [1.165, 1.54) is 0 Å². The number of nitrogens with one attached hydrogen (secondary N) is 1. The molecule has 112 valence electrons. The minimum Gasteiger partial charge on any atom is -0.360 e. The van der Waals surface area contributed by atoms with Crippen LogP contribution < -0.4 is 5.32 Å². The standard InChI is InChI=1S/C14H19N5O2/c1-9(2)11-7-10(18-21-11)14(20)15-8-13-17-16-12-5-3-4-6-19(12)13/h7,9H,3-6,8H2,1-2H3,(H,15,20). The number of carbonyl (C=O) groups is 1. The summed E-state index contributed by atoms with van der Waals surface area (Å²) in [7, 11) is 0. The Morgan fingerprint density at radius 2 is 2.29 bits per heavy atom. The lowest BCUT2D eigenvalue weighted by Gasteiger charge is -2.14. The topological polar surface area (TPSA) is 85.8 Å². The molecule has 1 N–H and O–H groups in total. The molecule has 0 bridgehead atoms. The van der Waals surface area contributed by atoms with E-state index in [1.807, 2.05) is 13.8 Å². The molecule has 3 rings (SSSR count). The van der Waals surface area contributed by atoms with Gasteiger partial charge in [0.25, 0.3) is 5.91 Å². The van der Waals surface area contributed by atoms with E-state index in [2.05, 4.69) is 25.2 Å². The Bertz CT molecular complexity index is 644. The Morgan fingerprint density at radius 1 is 1.43 bits per heavy atom. The van der Waals surface area contributed by atoms with Gasteiger partial charge in [0.15, 0.2) is 11.5 Å². The molecule has 0 aromatic carbocycles. The van der Waals surface area contributed by atoms with E-state index < -0.39 is 0 Å². The molecule has 0 saturated heterocycles. The molecule has 1 amide bonds. The first-order chi connectivity index (χ1) is 10.1. The predicted molar refractivity (Wildman–Crippen MR) is 74.7 cm³/mol. The van der Waals surface area contributed by atoms with Crippen LogP contribution in [-0.2, 0) is 19.5 Å². The second-order valence-electron chi connectivity index (χ2n) is 5.59. The number of carbonyl (C=O) groups excluding carboxylic acids is 1. The van der Waals surface area contributed by atoms with Gasteiger partial charge in [-0.25, -0.2) is 0 Å². The van der Waals surface area contributed by atoms with Gasteiger partial charge in [-0.2, -0.15) is 0 Å². The summed E-state index contributed by atoms with van der Waals surface area (Å²) >= 11 is 0. The summed E-state index contributed by atoms with van der Waals surface area (Å²) in [6.07, 6.45) is 3.25. The molecule has 0 spiro atoms. The molecule has 7 heteroatoms. The lowest BCUT2D eigenvalue weighted by molar-refractivity contribution is 0.0940. The van der Waals surface area contributed by atoms with Crippen molar-refractivity contribution < 1.29 is 9.32 Å². The maximum atomic E-state index is 12.1. The van der Waals surface area contributed by atoms with Crippen molar-refractivity contribution in [1.82, 2.24) is 25.2 Å². The third-order valence-electron chi connectivity index (χ3n) is 3.67. The highest BCUT2D eigenvalue weighted by Crippen LogP contribution is 2.16. The summed E-state index contributed by atoms with van der Waals surface area (Å²) in [5, 5.41) is 14.9. The van der Waals surface area contributed by atoms with Crippen LogP contribution in [0.2, 0.25) is 0 Å². The fourth-order valence-corrected chi connectivity index (χ4v) is 2.42. The number of amides is 1. The lowest BCUT2D eigenvalue weighted by Crippen LogP contribution is -2.25. The van der Waals surface area contributed by atoms with Crippen molar-refractivity contribution in [2.75, 3.05) is 0 Å². The Hall–Kier alpha value is -2.18. The van der Waals surface area contributed by atoms with Gasteiger partial charge in [-0.05, 0) is 12.8 Å². The lowest BCUT2D eigenvalue weighted by atomic mass is 10.1. The van der Waals surface area contributed by atoms with Crippen molar-refractivity contribution in [2.24, 2.45) is 0 Å². The third-order valence-corrected chi connectivity index (χ3v) is 3.67. The van der Waals surface area contributed by atoms with Crippen molar-refractivity contribution >= 4 is 5.91 Å². The molecule has 7 nitrogen and oxygen atoms in total. The molecule has 0 unspecified atom stereocenters. The highest BCUT2D eigenvalue weighted by atomic mass is 16.5. The number of nitrogens with zero attached hydrogens (tertiary/aromatic N) is 4. The Balaban J connectivity index is 1.64. The van der Waals surface area contributed by atoms with Gasteiger partial charge < -0.3 is 14.4 Å². The molecule has 3 heterocycles. The van der Waals surface area contributed by atoms with Crippen LogP contribution in [0.5, 0.6) is 0 Å². The summed E-state index contributed by atoms with van der Waals surface area (Å²) in [4.78, 5) is 12.1. The molecule has 0 saturated carbocycles. The number of aryl methyl sites for hydroxylation is 1. The molecule has 0 radical (unpaired) electrons. The first-order valence-corrected chi connectivity index (χ1v) is 7.31. The van der Waals surface area contributed by atoms with Gasteiger partial charge in [-0.15, -0.1) is 10.2 Å². The summed E-state index contributed by atoms with van der Waals surface area (Å²) in [6, 6.07) is 1.68. The van der Waals surface area contributed by atoms with E-state index in [9.17, 15) is 4.79 Å². The van der Waals surface area contributed by atoms with Crippen LogP contribution in [-0.4, -0.2) is 25.8 Å². The highest BCUT2D eigenvalue weighted by molar-refractivity contribution is 5.92. The van der Waals surface area contributed by atoms with Crippen molar-refractivity contribution in [1.29, 1.82) is 0 Å². The quantitative estimate of drug-likeness (QED) is 0.925. The predicted octanol–water partition coefficient (Wildman–Crippen LogP) is 1.66. The van der Waals surface area contributed by atoms with E-state index in [-0.39, 0.29) is 11.8 Å². The van der Waals surface area contributed by atoms with Crippen LogP contribution in [0, 0.1) is 0 Å². The maximum absolute atomic E-state index is 12.1. The third kappa shape index (κ3) is 2.81. The highest BCUT2D eigenvalue weighted by Gasteiger charge is 2.18. The minimum atomic E-state index is -0.251. The summed E-state index contributed by atoms with van der Waals surface area (Å²) in [5.74, 6) is 2.47. The van der Waals surface area contributed by atoms with Gasteiger partial charge in [0.2, 0.25) is 0 Å². The number of aromatic nitrogens is 4. The molecular formula is C14H19N5O2. The fraction of sp³-hybridized carbons (Fsp3) is 0.571. The second-order valence-corrected chi connectivity index (χ2v) is 5.59. The average Bonchev–Trinajstić information content (AvgIpc) is 3.12. The van der Waals surface area contributed by atoms with Crippen molar-refractivity contribution in [3.63, 3.8) is 0 Å². The molecule has 2 aromatic rings. The number of fused-ring (bicyclic) bond motifs is 1. The molecule has 1 aliphatic heterocycles. The van der Waals surface area contributed by atoms with Crippen LogP contribution in [0.25, 0.3) is 0 Å². The molecule has 0 aliphatic carbocycles. The van der Waals surface area contributed by atoms with Gasteiger partial charge >= 0.3 is 0 Å². The van der Waals surface area contributed by atoms with Crippen LogP contribution in [0.4, 0.5) is 0 Å². The van der Waals surface area contributed by atoms with Crippen LogP contribution in [0.1, 0.15) is 60.5 Å². The van der Waals surface area contributed by atoms with Crippen molar-refractivity contribution in [2.45, 2.75) is 52.1 Å². The van der Waals surface area contributed by atoms with Gasteiger partial charge in [0, 0.05) is 24.9 Å². The van der Waals surface area contributed by atoms with Gasteiger partial charge in [-0.3, -0.25) is 4.79 Å². The van der Waals surface area contributed by atoms with Gasteiger partial charge in [0.05, 0.1) is 6.54 Å². The largest absolute Gasteiger partial charge is 0.360 e. The molecule has 2 aromatic heterocycles. The van der Waals surface area contributed by atoms with Crippen molar-refractivity contribution in [3.8, 4) is 0 Å². The van der Waals surface area contributed by atoms with E-state index in [4.69, 9.17) is 4.52 Å². The smallest absolute Gasteiger partial charge is 0.273 e. The first-order valence-electron chi connectivity index (χ1n) is 7.31. The Labute approximate surface area is 122 Å². The average molecular weight is 289 g/mol. The molecule has 0 atom stereocenters. The SMILES string of the molecule is CC(C)c1cc(C(=O)NCc2nnc3n2CCCC3)no1. The van der Waals surface area contributed by atoms with E-state index in [0.717, 1.165) is 37.5 Å². The van der Waals surface area contributed by atoms with E-state index >= 15 is 0 Å². The summed E-state index contributed by atoms with van der Waals surface area (Å²) < 4.78 is 7.22. The zero-order chi connectivity index (χ0) is 14.8. The second kappa shape index (κ2) is 5.67. The first kappa shape index (κ1) is 13.8. The van der Waals surface area contributed by atoms with Crippen LogP contribution >= 0.6 is 0 Å². The number of hydrogen-bond donors (Lipinski definition) is 1. The molecule has 21 heavy (non-hydrogen) atoms. The molecule has 1 aliphatic rings. The summed E-state index contributed by atoms with van der Waals surface area (Å²) in [6.45, 7) is 5.26. The monoisotopic (exact) mass is 289 g/mol. The zero-order valence-electron chi connectivity index (χ0n) is 12.3. The minimum absolute atomic E-state index is 0.211. The Kier molecular flexibility index (Phi) is 3.72. The number of hydrogen-bond acceptors (Lipinski definition) is 5. The Morgan fingerprint density at radius 3 is 3.05 bits per heavy atom. The molecule has 0 fully saturated rings. The van der Waals surface area contributed by atoms with E-state index in [0.29, 0.717) is 18.0 Å². The fourth-order valence-electron chi connectivity index (χ4n) is 2.42. The van der Waals surface area contributed by atoms with Crippen molar-refractivity contribution in [3.05, 3.63) is 29.2 Å². The number of rotatable bonds is 4. The molecular weight excluding hydrogens is 270 g/mol. The van der Waals surface area contributed by atoms with Gasteiger partial charge in [-0.1, -0.05) is 19.0 Å². The zero-order valence-corrected chi connectivity index (χ0v) is 12.3. The van der Waals surface area contributed by atoms with Gasteiger partial charge in [0.1, 0.15) is 11.6 Å². The maximum Gasteiger partial charge on any atom is 0.273 e. The normalized spacial score (nSPS) is 14.2.